The molecule has 1 saturated heterocycles. The van der Waals surface area contributed by atoms with Crippen LogP contribution >= 0.6 is 0 Å². The number of halogens is 3. The average Bonchev–Trinajstić information content (AvgIpc) is 3.35. The van der Waals surface area contributed by atoms with Gasteiger partial charge in [-0.15, -0.1) is 0 Å². The van der Waals surface area contributed by atoms with Crippen molar-refractivity contribution in [2.24, 2.45) is 0 Å². The highest BCUT2D eigenvalue weighted by Gasteiger charge is 2.36. The number of carbonyl (C=O) groups excluding carboxylic acids is 1. The summed E-state index contributed by atoms with van der Waals surface area (Å²) in [6.07, 6.45) is -1.87. The van der Waals surface area contributed by atoms with Crippen LogP contribution in [-0.4, -0.2) is 20.9 Å². The standard InChI is InChI=1S/C22H18F3N3O2/c1-2-14-6-8-15(9-7-14)13-28-18(10-11-19(28)29)21-26-20(27-30-21)16-4-3-5-17(12-16)22(23,24)25/h2-9,12,18H,1,10-11,13H2. The Morgan fingerprint density at radius 1 is 1.20 bits per heavy atom. The average molecular weight is 413 g/mol. The number of alkyl halides is 3. The molecule has 0 spiro atoms. The monoisotopic (exact) mass is 413 g/mol. The zero-order valence-corrected chi connectivity index (χ0v) is 15.9. The van der Waals surface area contributed by atoms with Crippen molar-refractivity contribution in [3.05, 3.63) is 77.7 Å². The molecule has 3 aromatic rings. The van der Waals surface area contributed by atoms with Crippen molar-refractivity contribution in [1.82, 2.24) is 15.0 Å². The van der Waals surface area contributed by atoms with Gasteiger partial charge in [0.15, 0.2) is 0 Å². The number of amides is 1. The van der Waals surface area contributed by atoms with E-state index in [4.69, 9.17) is 4.52 Å². The van der Waals surface area contributed by atoms with E-state index in [0.717, 1.165) is 23.3 Å². The zero-order chi connectivity index (χ0) is 21.3. The smallest absolute Gasteiger partial charge is 0.337 e. The third-order valence-corrected chi connectivity index (χ3v) is 5.07. The van der Waals surface area contributed by atoms with Crippen LogP contribution in [0.1, 0.15) is 41.5 Å². The largest absolute Gasteiger partial charge is 0.416 e. The van der Waals surface area contributed by atoms with Crippen molar-refractivity contribution in [3.63, 3.8) is 0 Å². The number of hydrogen-bond donors (Lipinski definition) is 0. The molecule has 0 aliphatic carbocycles. The van der Waals surface area contributed by atoms with Gasteiger partial charge in [-0.25, -0.2) is 0 Å². The molecule has 0 saturated carbocycles. The van der Waals surface area contributed by atoms with Gasteiger partial charge >= 0.3 is 6.18 Å². The van der Waals surface area contributed by atoms with Crippen LogP contribution in [0.5, 0.6) is 0 Å². The highest BCUT2D eigenvalue weighted by atomic mass is 19.4. The molecule has 2 heterocycles. The van der Waals surface area contributed by atoms with E-state index in [1.165, 1.54) is 12.1 Å². The highest BCUT2D eigenvalue weighted by Crippen LogP contribution is 2.35. The van der Waals surface area contributed by atoms with Crippen LogP contribution in [0.4, 0.5) is 13.2 Å². The molecule has 2 aromatic carbocycles. The van der Waals surface area contributed by atoms with Crippen LogP contribution in [0.2, 0.25) is 0 Å². The molecular formula is C22H18F3N3O2. The van der Waals surface area contributed by atoms with E-state index in [1.54, 1.807) is 11.0 Å². The van der Waals surface area contributed by atoms with Crippen LogP contribution in [-0.2, 0) is 17.5 Å². The Kier molecular flexibility index (Phi) is 5.15. The van der Waals surface area contributed by atoms with E-state index in [0.29, 0.717) is 19.4 Å². The molecule has 4 rings (SSSR count). The lowest BCUT2D eigenvalue weighted by Crippen LogP contribution is -2.27. The summed E-state index contributed by atoms with van der Waals surface area (Å²) >= 11 is 0. The number of nitrogens with zero attached hydrogens (tertiary/aromatic N) is 3. The fraction of sp³-hybridized carbons (Fsp3) is 0.227. The summed E-state index contributed by atoms with van der Waals surface area (Å²) in [6, 6.07) is 12.0. The number of rotatable bonds is 5. The summed E-state index contributed by atoms with van der Waals surface area (Å²) < 4.78 is 44.2. The number of carbonyl (C=O) groups is 1. The van der Waals surface area contributed by atoms with Gasteiger partial charge in [-0.05, 0) is 29.7 Å². The molecule has 1 atom stereocenters. The molecule has 0 radical (unpaired) electrons. The van der Waals surface area contributed by atoms with E-state index < -0.39 is 17.8 Å². The lowest BCUT2D eigenvalue weighted by Gasteiger charge is -2.22. The normalized spacial score (nSPS) is 16.8. The Bertz CT molecular complexity index is 1070. The summed E-state index contributed by atoms with van der Waals surface area (Å²) in [6.45, 7) is 4.10. The maximum atomic E-state index is 13.0. The van der Waals surface area contributed by atoms with Gasteiger partial charge in [0.25, 0.3) is 0 Å². The van der Waals surface area contributed by atoms with E-state index in [2.05, 4.69) is 16.7 Å². The lowest BCUT2D eigenvalue weighted by atomic mass is 10.1. The SMILES string of the molecule is C=Cc1ccc(CN2C(=O)CCC2c2nc(-c3cccc(C(F)(F)F)c3)no2)cc1. The van der Waals surface area contributed by atoms with Crippen LogP contribution < -0.4 is 0 Å². The minimum atomic E-state index is -4.46. The summed E-state index contributed by atoms with van der Waals surface area (Å²) in [4.78, 5) is 18.4. The summed E-state index contributed by atoms with van der Waals surface area (Å²) in [5, 5.41) is 3.84. The van der Waals surface area contributed by atoms with E-state index in [-0.39, 0.29) is 23.2 Å². The third-order valence-electron chi connectivity index (χ3n) is 5.07. The van der Waals surface area contributed by atoms with Crippen LogP contribution in [0.3, 0.4) is 0 Å². The fourth-order valence-corrected chi connectivity index (χ4v) is 3.47. The molecule has 1 aliphatic rings. The summed E-state index contributed by atoms with van der Waals surface area (Å²) in [5.41, 5.74) is 1.34. The first-order valence-corrected chi connectivity index (χ1v) is 9.37. The topological polar surface area (TPSA) is 59.2 Å². The minimum absolute atomic E-state index is 0.0355. The number of aromatic nitrogens is 2. The van der Waals surface area contributed by atoms with E-state index >= 15 is 0 Å². The Balaban J connectivity index is 1.57. The second kappa shape index (κ2) is 7.78. The molecule has 5 nitrogen and oxygen atoms in total. The predicted molar refractivity (Wildman–Crippen MR) is 104 cm³/mol. The molecule has 1 unspecified atom stereocenters. The van der Waals surface area contributed by atoms with Gasteiger partial charge < -0.3 is 9.42 Å². The van der Waals surface area contributed by atoms with Crippen molar-refractivity contribution < 1.29 is 22.5 Å². The van der Waals surface area contributed by atoms with Crippen molar-refractivity contribution in [1.29, 1.82) is 0 Å². The van der Waals surface area contributed by atoms with Crippen LogP contribution in [0, 0.1) is 0 Å². The molecular weight excluding hydrogens is 395 g/mol. The Morgan fingerprint density at radius 3 is 2.67 bits per heavy atom. The second-order valence-corrected chi connectivity index (χ2v) is 7.06. The zero-order valence-electron chi connectivity index (χ0n) is 15.9. The van der Waals surface area contributed by atoms with Gasteiger partial charge in [0.2, 0.25) is 17.6 Å². The van der Waals surface area contributed by atoms with E-state index in [1.807, 2.05) is 24.3 Å². The third kappa shape index (κ3) is 3.98. The van der Waals surface area contributed by atoms with Crippen molar-refractivity contribution in [2.75, 3.05) is 0 Å². The molecule has 154 valence electrons. The summed E-state index contributed by atoms with van der Waals surface area (Å²) in [7, 11) is 0. The maximum absolute atomic E-state index is 13.0. The molecule has 0 N–H and O–H groups in total. The van der Waals surface area contributed by atoms with Gasteiger partial charge in [0.05, 0.1) is 5.56 Å². The first kappa shape index (κ1) is 19.9. The van der Waals surface area contributed by atoms with Gasteiger partial charge in [-0.3, -0.25) is 4.79 Å². The molecule has 1 aliphatic heterocycles. The Hall–Kier alpha value is -3.42. The first-order valence-electron chi connectivity index (χ1n) is 9.37. The van der Waals surface area contributed by atoms with Crippen molar-refractivity contribution in [3.8, 4) is 11.4 Å². The maximum Gasteiger partial charge on any atom is 0.416 e. The minimum Gasteiger partial charge on any atom is -0.337 e. The lowest BCUT2D eigenvalue weighted by molar-refractivity contribution is -0.137. The second-order valence-electron chi connectivity index (χ2n) is 7.06. The predicted octanol–water partition coefficient (Wildman–Crippen LogP) is 5.26. The highest BCUT2D eigenvalue weighted by molar-refractivity contribution is 5.79. The fourth-order valence-electron chi connectivity index (χ4n) is 3.47. The molecule has 1 fully saturated rings. The molecule has 8 heteroatoms. The summed E-state index contributed by atoms with van der Waals surface area (Å²) in [5.74, 6) is 0.244. The molecule has 30 heavy (non-hydrogen) atoms. The van der Waals surface area contributed by atoms with Crippen LogP contribution in [0.25, 0.3) is 17.5 Å². The molecule has 1 amide bonds. The van der Waals surface area contributed by atoms with Gasteiger partial charge in [0.1, 0.15) is 6.04 Å². The molecule has 1 aromatic heterocycles. The number of hydrogen-bond acceptors (Lipinski definition) is 4. The van der Waals surface area contributed by atoms with Gasteiger partial charge in [0, 0.05) is 18.5 Å². The van der Waals surface area contributed by atoms with E-state index in [9.17, 15) is 18.0 Å². The first-order chi connectivity index (χ1) is 14.3. The van der Waals surface area contributed by atoms with Crippen LogP contribution in [0.15, 0.2) is 59.6 Å². The van der Waals surface area contributed by atoms with Crippen molar-refractivity contribution in [2.45, 2.75) is 31.6 Å². The quantitative estimate of drug-likeness (QED) is 0.572. The number of likely N-dealkylation sites (tertiary alicyclic amines) is 1. The van der Waals surface area contributed by atoms with Gasteiger partial charge in [-0.1, -0.05) is 54.2 Å². The Morgan fingerprint density at radius 2 is 1.97 bits per heavy atom. The van der Waals surface area contributed by atoms with Crippen molar-refractivity contribution >= 4 is 12.0 Å². The van der Waals surface area contributed by atoms with Gasteiger partial charge in [-0.2, -0.15) is 18.2 Å². The molecule has 0 bridgehead atoms. The Labute approximate surface area is 170 Å². The number of benzene rings is 2.